The minimum absolute atomic E-state index is 0.209. The molecule has 122 valence electrons. The highest BCUT2D eigenvalue weighted by Crippen LogP contribution is 2.24. The third-order valence-electron chi connectivity index (χ3n) is 3.42. The first-order valence-corrected chi connectivity index (χ1v) is 6.96. The number of nitrogens with one attached hydrogen (secondary N) is 1. The predicted molar refractivity (Wildman–Crippen MR) is 67.6 cm³/mol. The zero-order chi connectivity index (χ0) is 15.9. The lowest BCUT2D eigenvalue weighted by Gasteiger charge is -2.22. The molecule has 1 aliphatic rings. The summed E-state index contributed by atoms with van der Waals surface area (Å²) in [5.74, 6) is -2.06. The van der Waals surface area contributed by atoms with Crippen molar-refractivity contribution in [2.45, 2.75) is 50.7 Å². The van der Waals surface area contributed by atoms with Gasteiger partial charge in [0.05, 0.1) is 12.5 Å². The second kappa shape index (κ2) is 8.21. The Kier molecular flexibility index (Phi) is 6.94. The molecule has 0 saturated heterocycles. The molecule has 1 aliphatic carbocycles. The Bertz CT molecular complexity index is 360. The maximum absolute atomic E-state index is 11.8. The van der Waals surface area contributed by atoms with Crippen LogP contribution in [0.5, 0.6) is 0 Å². The molecular formula is C13H20F3NO4. The number of carboxylic acid groups (broad SMARTS) is 1. The maximum atomic E-state index is 11.8. The van der Waals surface area contributed by atoms with Gasteiger partial charge in [0.1, 0.15) is 6.61 Å². The Balaban J connectivity index is 2.35. The normalized spacial score (nSPS) is 23.4. The molecule has 0 aliphatic heterocycles. The number of ether oxygens (including phenoxy) is 1. The van der Waals surface area contributed by atoms with Gasteiger partial charge in [0, 0.05) is 12.5 Å². The van der Waals surface area contributed by atoms with Gasteiger partial charge in [0.15, 0.2) is 0 Å². The van der Waals surface area contributed by atoms with Crippen LogP contribution in [0.25, 0.3) is 0 Å². The second-order valence-electron chi connectivity index (χ2n) is 5.17. The molecular weight excluding hydrogens is 291 g/mol. The smallest absolute Gasteiger partial charge is 0.411 e. The number of alkyl halides is 3. The van der Waals surface area contributed by atoms with E-state index in [1.165, 1.54) is 0 Å². The lowest BCUT2D eigenvalue weighted by molar-refractivity contribution is -0.174. The summed E-state index contributed by atoms with van der Waals surface area (Å²) in [5.41, 5.74) is 0. The fourth-order valence-electron chi connectivity index (χ4n) is 2.41. The lowest BCUT2D eigenvalue weighted by Crippen LogP contribution is -2.43. The van der Waals surface area contributed by atoms with Crippen LogP contribution in [0.3, 0.4) is 0 Å². The standard InChI is InChI=1S/C13H20F3NO4/c14-13(15,16)8-21-7-6-11(18)17-10-5-3-1-2-4-9(10)12(19)20/h9-10H,1-8H2,(H,17,18)(H,19,20). The molecule has 21 heavy (non-hydrogen) atoms. The summed E-state index contributed by atoms with van der Waals surface area (Å²) in [6.07, 6.45) is -0.982. The number of carboxylic acids is 1. The van der Waals surface area contributed by atoms with Crippen LogP contribution in [0.1, 0.15) is 38.5 Å². The van der Waals surface area contributed by atoms with Crippen LogP contribution in [0.2, 0.25) is 0 Å². The topological polar surface area (TPSA) is 75.6 Å². The Morgan fingerprint density at radius 3 is 2.48 bits per heavy atom. The molecule has 0 radical (unpaired) electrons. The van der Waals surface area contributed by atoms with Gasteiger partial charge in [0.25, 0.3) is 0 Å². The van der Waals surface area contributed by atoms with Crippen molar-refractivity contribution < 1.29 is 32.6 Å². The zero-order valence-electron chi connectivity index (χ0n) is 11.6. The van der Waals surface area contributed by atoms with Crippen molar-refractivity contribution in [3.05, 3.63) is 0 Å². The van der Waals surface area contributed by atoms with Gasteiger partial charge < -0.3 is 15.2 Å². The lowest BCUT2D eigenvalue weighted by atomic mass is 9.95. The summed E-state index contributed by atoms with van der Waals surface area (Å²) in [6.45, 7) is -1.72. The van der Waals surface area contributed by atoms with Crippen molar-refractivity contribution in [2.24, 2.45) is 5.92 Å². The molecule has 0 aromatic rings. The fraction of sp³-hybridized carbons (Fsp3) is 0.846. The predicted octanol–water partition coefficient (Wildman–Crippen LogP) is 2.11. The SMILES string of the molecule is O=C(CCOCC(F)(F)F)NC1CCCCCC1C(=O)O. The number of hydrogen-bond acceptors (Lipinski definition) is 3. The quantitative estimate of drug-likeness (QED) is 0.582. The van der Waals surface area contributed by atoms with E-state index in [0.29, 0.717) is 12.8 Å². The van der Waals surface area contributed by atoms with Crippen molar-refractivity contribution in [3.63, 3.8) is 0 Å². The summed E-state index contributed by atoms with van der Waals surface area (Å²) >= 11 is 0. The van der Waals surface area contributed by atoms with Gasteiger partial charge in [-0.25, -0.2) is 0 Å². The average molecular weight is 311 g/mol. The largest absolute Gasteiger partial charge is 0.481 e. The molecule has 0 bridgehead atoms. The minimum Gasteiger partial charge on any atom is -0.481 e. The van der Waals surface area contributed by atoms with Gasteiger partial charge in [-0.15, -0.1) is 0 Å². The maximum Gasteiger partial charge on any atom is 0.411 e. The zero-order valence-corrected chi connectivity index (χ0v) is 11.6. The molecule has 1 saturated carbocycles. The monoisotopic (exact) mass is 311 g/mol. The Morgan fingerprint density at radius 2 is 1.86 bits per heavy atom. The summed E-state index contributed by atoms with van der Waals surface area (Å²) < 4.78 is 39.9. The van der Waals surface area contributed by atoms with E-state index in [1.54, 1.807) is 0 Å². The van der Waals surface area contributed by atoms with Crippen molar-refractivity contribution in [1.82, 2.24) is 5.32 Å². The molecule has 0 aromatic carbocycles. The van der Waals surface area contributed by atoms with E-state index in [2.05, 4.69) is 10.1 Å². The van der Waals surface area contributed by atoms with Gasteiger partial charge in [-0.2, -0.15) is 13.2 Å². The van der Waals surface area contributed by atoms with E-state index >= 15 is 0 Å². The fourth-order valence-corrected chi connectivity index (χ4v) is 2.41. The van der Waals surface area contributed by atoms with E-state index in [9.17, 15) is 22.8 Å². The molecule has 1 fully saturated rings. The van der Waals surface area contributed by atoms with Crippen LogP contribution in [0.4, 0.5) is 13.2 Å². The number of carbonyl (C=O) groups is 2. The highest BCUT2D eigenvalue weighted by molar-refractivity contribution is 5.78. The van der Waals surface area contributed by atoms with E-state index in [-0.39, 0.29) is 13.0 Å². The van der Waals surface area contributed by atoms with Crippen LogP contribution in [0, 0.1) is 5.92 Å². The van der Waals surface area contributed by atoms with Crippen LogP contribution in [0.15, 0.2) is 0 Å². The number of aliphatic carboxylic acids is 1. The molecule has 1 rings (SSSR count). The van der Waals surface area contributed by atoms with Crippen LogP contribution in [-0.2, 0) is 14.3 Å². The average Bonchev–Trinajstić information content (AvgIpc) is 2.59. The van der Waals surface area contributed by atoms with E-state index in [0.717, 1.165) is 19.3 Å². The van der Waals surface area contributed by atoms with E-state index < -0.39 is 36.6 Å². The second-order valence-corrected chi connectivity index (χ2v) is 5.17. The molecule has 0 heterocycles. The van der Waals surface area contributed by atoms with Gasteiger partial charge in [-0.05, 0) is 12.8 Å². The first-order valence-electron chi connectivity index (χ1n) is 6.96. The number of hydrogen-bond donors (Lipinski definition) is 2. The Labute approximate surface area is 120 Å². The number of halogens is 3. The minimum atomic E-state index is -4.41. The summed E-state index contributed by atoms with van der Waals surface area (Å²) in [6, 6.07) is -0.458. The molecule has 8 heteroatoms. The summed E-state index contributed by atoms with van der Waals surface area (Å²) in [4.78, 5) is 22.8. The van der Waals surface area contributed by atoms with Gasteiger partial charge >= 0.3 is 12.1 Å². The molecule has 0 spiro atoms. The molecule has 1 amide bonds. The third kappa shape index (κ3) is 7.31. The third-order valence-corrected chi connectivity index (χ3v) is 3.42. The molecule has 5 nitrogen and oxygen atoms in total. The number of rotatable bonds is 6. The Morgan fingerprint density at radius 1 is 1.19 bits per heavy atom. The molecule has 0 aromatic heterocycles. The highest BCUT2D eigenvalue weighted by Gasteiger charge is 2.31. The van der Waals surface area contributed by atoms with Crippen molar-refractivity contribution in [2.75, 3.05) is 13.2 Å². The Hall–Kier alpha value is -1.31. The molecule has 2 atom stereocenters. The van der Waals surface area contributed by atoms with Crippen LogP contribution in [-0.4, -0.2) is 42.4 Å². The van der Waals surface area contributed by atoms with Crippen molar-refractivity contribution in [1.29, 1.82) is 0 Å². The van der Waals surface area contributed by atoms with Crippen LogP contribution < -0.4 is 5.32 Å². The van der Waals surface area contributed by atoms with Gasteiger partial charge in [-0.3, -0.25) is 9.59 Å². The molecule has 2 unspecified atom stereocenters. The highest BCUT2D eigenvalue weighted by atomic mass is 19.4. The summed E-state index contributed by atoms with van der Waals surface area (Å²) in [5, 5.41) is 11.8. The van der Waals surface area contributed by atoms with Crippen LogP contribution >= 0.6 is 0 Å². The first kappa shape index (κ1) is 17.7. The first-order chi connectivity index (χ1) is 9.79. The van der Waals surface area contributed by atoms with Crippen molar-refractivity contribution >= 4 is 11.9 Å². The number of carbonyl (C=O) groups excluding carboxylic acids is 1. The van der Waals surface area contributed by atoms with Gasteiger partial charge in [-0.1, -0.05) is 19.3 Å². The van der Waals surface area contributed by atoms with E-state index in [1.807, 2.05) is 0 Å². The van der Waals surface area contributed by atoms with E-state index in [4.69, 9.17) is 5.11 Å². The number of amides is 1. The van der Waals surface area contributed by atoms with Gasteiger partial charge in [0.2, 0.25) is 5.91 Å². The van der Waals surface area contributed by atoms with Crippen molar-refractivity contribution in [3.8, 4) is 0 Å². The molecule has 2 N–H and O–H groups in total. The summed E-state index contributed by atoms with van der Waals surface area (Å²) in [7, 11) is 0.